The van der Waals surface area contributed by atoms with Gasteiger partial charge in [-0.1, -0.05) is 0 Å². The topological polar surface area (TPSA) is 77.8 Å². The van der Waals surface area contributed by atoms with Crippen molar-refractivity contribution in [3.05, 3.63) is 0 Å². The molecule has 0 aromatic heterocycles. The quantitative estimate of drug-likeness (QED) is 0.706. The summed E-state index contributed by atoms with van der Waals surface area (Å²) in [6.45, 7) is -0.161. The number of amides is 1. The number of nitrogens with zero attached hydrogens (tertiary/aromatic N) is 1. The molecule has 1 fully saturated rings. The number of rotatable bonds is 2. The van der Waals surface area contributed by atoms with Crippen LogP contribution in [0.3, 0.4) is 0 Å². The van der Waals surface area contributed by atoms with E-state index in [2.05, 4.69) is 0 Å². The molecule has 1 atom stereocenters. The van der Waals surface area contributed by atoms with E-state index in [1.807, 2.05) is 0 Å². The molecule has 0 aromatic rings. The molecule has 1 saturated heterocycles. The summed E-state index contributed by atoms with van der Waals surface area (Å²) >= 11 is 0. The monoisotopic (exact) mass is 209 g/mol. The minimum atomic E-state index is -3.21. The van der Waals surface area contributed by atoms with Crippen molar-refractivity contribution in [3.8, 4) is 0 Å². The van der Waals surface area contributed by atoms with Crippen LogP contribution in [0.2, 0.25) is 0 Å². The normalized spacial score (nSPS) is 26.9. The lowest BCUT2D eigenvalue weighted by Gasteiger charge is -2.31. The Morgan fingerprint density at radius 3 is 2.21 bits per heavy atom. The van der Waals surface area contributed by atoms with Gasteiger partial charge in [0.25, 0.3) is 6.43 Å². The van der Waals surface area contributed by atoms with Gasteiger partial charge in [-0.05, 0) is 12.8 Å². The fourth-order valence-electron chi connectivity index (χ4n) is 1.65. The predicted octanol–water partition coefficient (Wildman–Crippen LogP) is 0.849. The van der Waals surface area contributed by atoms with Crippen LogP contribution in [0.1, 0.15) is 12.8 Å². The maximum absolute atomic E-state index is 12.6. The van der Waals surface area contributed by atoms with Crippen LogP contribution in [0, 0.1) is 0 Å². The second-order valence-corrected chi connectivity index (χ2v) is 3.07. The van der Waals surface area contributed by atoms with Crippen molar-refractivity contribution >= 4 is 12.1 Å². The molecule has 5 nitrogen and oxygen atoms in total. The third-order valence-electron chi connectivity index (χ3n) is 2.38. The molecule has 0 spiro atoms. The lowest BCUT2D eigenvalue weighted by atomic mass is 9.97. The zero-order valence-corrected chi connectivity index (χ0v) is 7.11. The van der Waals surface area contributed by atoms with E-state index in [-0.39, 0.29) is 19.4 Å². The Hall–Kier alpha value is -1.40. The highest BCUT2D eigenvalue weighted by Crippen LogP contribution is 2.35. The van der Waals surface area contributed by atoms with Gasteiger partial charge < -0.3 is 10.2 Å². The highest BCUT2D eigenvalue weighted by molar-refractivity contribution is 5.85. The Bertz CT molecular complexity index is 270. The first-order valence-electron chi connectivity index (χ1n) is 3.95. The van der Waals surface area contributed by atoms with Crippen LogP contribution in [0.4, 0.5) is 13.6 Å². The molecule has 1 aliphatic heterocycles. The standard InChI is InChI=1S/C7H9F2NO4/c8-4(9)7(5(11)12)2-1-3-10(7)6(13)14/h4H,1-3H2,(H,11,12)(H,13,14). The number of aliphatic carboxylic acids is 1. The van der Waals surface area contributed by atoms with Gasteiger partial charge in [0.15, 0.2) is 0 Å². The molecule has 1 aliphatic rings. The van der Waals surface area contributed by atoms with Crippen molar-refractivity contribution in [2.75, 3.05) is 6.54 Å². The van der Waals surface area contributed by atoms with Crippen LogP contribution in [0.25, 0.3) is 0 Å². The molecule has 1 heterocycles. The van der Waals surface area contributed by atoms with Gasteiger partial charge >= 0.3 is 12.1 Å². The Morgan fingerprint density at radius 2 is 1.93 bits per heavy atom. The van der Waals surface area contributed by atoms with Crippen LogP contribution in [0.15, 0.2) is 0 Å². The van der Waals surface area contributed by atoms with Crippen molar-refractivity contribution < 1.29 is 28.6 Å². The molecule has 0 saturated carbocycles. The van der Waals surface area contributed by atoms with Crippen molar-refractivity contribution in [1.82, 2.24) is 4.90 Å². The summed E-state index contributed by atoms with van der Waals surface area (Å²) < 4.78 is 25.1. The molecular weight excluding hydrogens is 200 g/mol. The number of carbonyl (C=O) groups is 2. The number of hydrogen-bond donors (Lipinski definition) is 2. The summed E-state index contributed by atoms with van der Waals surface area (Å²) in [5, 5.41) is 17.2. The van der Waals surface area contributed by atoms with Gasteiger partial charge in [0.2, 0.25) is 5.54 Å². The van der Waals surface area contributed by atoms with E-state index >= 15 is 0 Å². The Morgan fingerprint density at radius 1 is 1.36 bits per heavy atom. The largest absolute Gasteiger partial charge is 0.479 e. The summed E-state index contributed by atoms with van der Waals surface area (Å²) in [7, 11) is 0. The minimum absolute atomic E-state index is 0.142. The zero-order chi connectivity index (χ0) is 10.9. The number of halogens is 2. The van der Waals surface area contributed by atoms with Crippen LogP contribution in [0.5, 0.6) is 0 Å². The lowest BCUT2D eigenvalue weighted by Crippen LogP contribution is -2.57. The lowest BCUT2D eigenvalue weighted by molar-refractivity contribution is -0.158. The van der Waals surface area contributed by atoms with Gasteiger partial charge in [-0.2, -0.15) is 0 Å². The van der Waals surface area contributed by atoms with Gasteiger partial charge in [-0.25, -0.2) is 18.4 Å². The molecule has 1 unspecified atom stereocenters. The molecule has 1 amide bonds. The second-order valence-electron chi connectivity index (χ2n) is 3.07. The first-order valence-corrected chi connectivity index (χ1v) is 3.95. The van der Waals surface area contributed by atoms with Gasteiger partial charge in [0.05, 0.1) is 0 Å². The van der Waals surface area contributed by atoms with Crippen molar-refractivity contribution in [2.24, 2.45) is 0 Å². The Balaban J connectivity index is 3.08. The maximum atomic E-state index is 12.6. The summed E-state index contributed by atoms with van der Waals surface area (Å²) in [6.07, 6.45) is -5.03. The third kappa shape index (κ3) is 1.28. The summed E-state index contributed by atoms with van der Waals surface area (Å²) in [5.74, 6) is -1.78. The van der Waals surface area contributed by atoms with E-state index in [1.165, 1.54) is 0 Å². The smallest absolute Gasteiger partial charge is 0.408 e. The molecule has 1 rings (SSSR count). The van der Waals surface area contributed by atoms with Crippen LogP contribution >= 0.6 is 0 Å². The molecule has 2 N–H and O–H groups in total. The second kappa shape index (κ2) is 3.39. The molecule has 14 heavy (non-hydrogen) atoms. The molecule has 0 bridgehead atoms. The fraction of sp³-hybridized carbons (Fsp3) is 0.714. The average Bonchev–Trinajstić information content (AvgIpc) is 2.47. The van der Waals surface area contributed by atoms with Crippen LogP contribution < -0.4 is 0 Å². The fourth-order valence-corrected chi connectivity index (χ4v) is 1.65. The molecule has 7 heteroatoms. The van der Waals surface area contributed by atoms with Gasteiger partial charge in [0.1, 0.15) is 0 Å². The highest BCUT2D eigenvalue weighted by Gasteiger charge is 2.57. The first-order chi connectivity index (χ1) is 6.43. The number of likely N-dealkylation sites (tertiary alicyclic amines) is 1. The van der Waals surface area contributed by atoms with E-state index < -0.39 is 24.0 Å². The first kappa shape index (κ1) is 10.7. The number of carboxylic acids is 1. The Labute approximate surface area is 77.9 Å². The van der Waals surface area contributed by atoms with E-state index in [0.717, 1.165) is 0 Å². The molecule has 0 aromatic carbocycles. The van der Waals surface area contributed by atoms with Crippen molar-refractivity contribution in [1.29, 1.82) is 0 Å². The molecular formula is C7H9F2NO4. The van der Waals surface area contributed by atoms with Gasteiger partial charge in [0, 0.05) is 6.54 Å². The summed E-state index contributed by atoms with van der Waals surface area (Å²) in [5.41, 5.74) is -2.55. The van der Waals surface area contributed by atoms with E-state index in [4.69, 9.17) is 10.2 Å². The highest BCUT2D eigenvalue weighted by atomic mass is 19.3. The number of alkyl halides is 2. The van der Waals surface area contributed by atoms with Crippen molar-refractivity contribution in [3.63, 3.8) is 0 Å². The maximum Gasteiger partial charge on any atom is 0.408 e. The van der Waals surface area contributed by atoms with Gasteiger partial charge in [-0.15, -0.1) is 0 Å². The van der Waals surface area contributed by atoms with Crippen LogP contribution in [-0.2, 0) is 4.79 Å². The molecule has 0 aliphatic carbocycles. The van der Waals surface area contributed by atoms with E-state index in [9.17, 15) is 18.4 Å². The van der Waals surface area contributed by atoms with Crippen molar-refractivity contribution in [2.45, 2.75) is 24.8 Å². The summed E-state index contributed by atoms with van der Waals surface area (Å²) in [6, 6.07) is 0. The number of carboxylic acid groups (broad SMARTS) is 2. The van der Waals surface area contributed by atoms with E-state index in [1.54, 1.807) is 0 Å². The Kier molecular flexibility index (Phi) is 2.59. The number of hydrogen-bond acceptors (Lipinski definition) is 2. The molecule has 0 radical (unpaired) electrons. The third-order valence-corrected chi connectivity index (χ3v) is 2.38. The zero-order valence-electron chi connectivity index (χ0n) is 7.11. The van der Waals surface area contributed by atoms with Gasteiger partial charge in [-0.3, -0.25) is 4.90 Å². The van der Waals surface area contributed by atoms with E-state index in [0.29, 0.717) is 4.90 Å². The van der Waals surface area contributed by atoms with Crippen LogP contribution in [-0.4, -0.2) is 45.7 Å². The summed E-state index contributed by atoms with van der Waals surface area (Å²) in [4.78, 5) is 21.6. The molecule has 80 valence electrons. The predicted molar refractivity (Wildman–Crippen MR) is 40.3 cm³/mol. The minimum Gasteiger partial charge on any atom is -0.479 e. The average molecular weight is 209 g/mol. The SMILES string of the molecule is O=C(O)N1CCCC1(C(=O)O)C(F)F.